The van der Waals surface area contributed by atoms with Crippen LogP contribution in [0.3, 0.4) is 0 Å². The predicted molar refractivity (Wildman–Crippen MR) is 62.5 cm³/mol. The summed E-state index contributed by atoms with van der Waals surface area (Å²) in [6.07, 6.45) is 0. The molecule has 1 fully saturated rings. The Morgan fingerprint density at radius 2 is 1.53 bits per heavy atom. The maximum atomic E-state index is 9.10. The largest absolute Gasteiger partial charge is 0.473 e. The van der Waals surface area contributed by atoms with Crippen molar-refractivity contribution in [2.75, 3.05) is 30.7 Å². The van der Waals surface area contributed by atoms with Crippen LogP contribution in [0.1, 0.15) is 0 Å². The maximum absolute atomic E-state index is 9.10. The lowest BCUT2D eigenvalue weighted by Crippen LogP contribution is -2.34. The maximum Gasteiger partial charge on any atom is 0.414 e. The highest BCUT2D eigenvalue weighted by Crippen LogP contribution is 2.23. The summed E-state index contributed by atoms with van der Waals surface area (Å²) in [7, 11) is 4.33. The van der Waals surface area contributed by atoms with Crippen molar-refractivity contribution in [3.63, 3.8) is 0 Å². The van der Waals surface area contributed by atoms with Gasteiger partial charge in [-0.3, -0.25) is 0 Å². The summed E-state index contributed by atoms with van der Waals surface area (Å²) in [4.78, 5) is 20.5. The molecule has 1 heterocycles. The molecule has 1 rings (SSSR count). The molecular formula is C8H15NO4S2. The highest BCUT2D eigenvalue weighted by Gasteiger charge is 2.14. The predicted octanol–water partition coefficient (Wildman–Crippen LogP) is 0.510. The standard InChI is InChI=1S/C6H13NS2.C2H2O4/c1-7(2)6-3-8-5-9-4-6;3-1(4)2(5)6/h6H,3-5H2,1-2H3;(H,3,4)(H,5,6). The zero-order valence-electron chi connectivity index (χ0n) is 8.67. The SMILES string of the molecule is CN(C)C1CSCSC1.O=C(O)C(=O)O. The molecule has 0 aromatic heterocycles. The molecule has 0 amide bonds. The van der Waals surface area contributed by atoms with E-state index in [4.69, 9.17) is 19.8 Å². The number of carbonyl (C=O) groups is 2. The van der Waals surface area contributed by atoms with Crippen LogP contribution in [0.2, 0.25) is 0 Å². The van der Waals surface area contributed by atoms with Gasteiger partial charge in [-0.2, -0.15) is 0 Å². The van der Waals surface area contributed by atoms with E-state index in [-0.39, 0.29) is 0 Å². The lowest BCUT2D eigenvalue weighted by molar-refractivity contribution is -0.159. The first-order valence-electron chi connectivity index (χ1n) is 4.23. The molecule has 0 atom stereocenters. The molecule has 2 N–H and O–H groups in total. The molecular weight excluding hydrogens is 238 g/mol. The number of nitrogens with zero attached hydrogens (tertiary/aromatic N) is 1. The van der Waals surface area contributed by atoms with Crippen molar-refractivity contribution in [1.29, 1.82) is 0 Å². The summed E-state index contributed by atoms with van der Waals surface area (Å²) in [6.45, 7) is 0. The van der Waals surface area contributed by atoms with Crippen molar-refractivity contribution >= 4 is 35.5 Å². The summed E-state index contributed by atoms with van der Waals surface area (Å²) in [5.41, 5.74) is 0. The second-order valence-corrected chi connectivity index (χ2v) is 5.51. The van der Waals surface area contributed by atoms with Gasteiger partial charge in [-0.25, -0.2) is 9.59 Å². The second kappa shape index (κ2) is 7.84. The van der Waals surface area contributed by atoms with Crippen molar-refractivity contribution in [2.45, 2.75) is 6.04 Å². The molecule has 0 aromatic rings. The fourth-order valence-corrected chi connectivity index (χ4v) is 3.54. The Labute approximate surface area is 97.2 Å². The van der Waals surface area contributed by atoms with E-state index in [0.717, 1.165) is 6.04 Å². The molecule has 15 heavy (non-hydrogen) atoms. The number of hydrogen-bond acceptors (Lipinski definition) is 5. The zero-order chi connectivity index (χ0) is 11.8. The third-order valence-electron chi connectivity index (χ3n) is 1.70. The zero-order valence-corrected chi connectivity index (χ0v) is 10.3. The van der Waals surface area contributed by atoms with Crippen LogP contribution in [0.5, 0.6) is 0 Å². The number of carboxylic acids is 2. The molecule has 1 aliphatic heterocycles. The topological polar surface area (TPSA) is 77.8 Å². The number of thioether (sulfide) groups is 2. The molecule has 0 spiro atoms. The monoisotopic (exact) mass is 253 g/mol. The van der Waals surface area contributed by atoms with Crippen LogP contribution in [0.4, 0.5) is 0 Å². The van der Waals surface area contributed by atoms with Gasteiger partial charge in [0.25, 0.3) is 0 Å². The number of aliphatic carboxylic acids is 2. The van der Waals surface area contributed by atoms with Crippen LogP contribution in [0.25, 0.3) is 0 Å². The van der Waals surface area contributed by atoms with Gasteiger partial charge < -0.3 is 15.1 Å². The lowest BCUT2D eigenvalue weighted by Gasteiger charge is -2.26. The summed E-state index contributed by atoms with van der Waals surface area (Å²) in [5, 5.41) is 16.1. The number of rotatable bonds is 1. The Balaban J connectivity index is 0.000000288. The van der Waals surface area contributed by atoms with Crippen LogP contribution in [-0.2, 0) is 9.59 Å². The van der Waals surface area contributed by atoms with Crippen molar-refractivity contribution in [1.82, 2.24) is 4.90 Å². The van der Waals surface area contributed by atoms with E-state index < -0.39 is 11.9 Å². The molecule has 88 valence electrons. The summed E-state index contributed by atoms with van der Waals surface area (Å²) in [5.74, 6) is -1.01. The van der Waals surface area contributed by atoms with E-state index in [1.54, 1.807) is 0 Å². The molecule has 1 saturated heterocycles. The van der Waals surface area contributed by atoms with Crippen LogP contribution in [0, 0.1) is 0 Å². The normalized spacial score (nSPS) is 16.7. The highest BCUT2D eigenvalue weighted by atomic mass is 32.2. The molecule has 1 aliphatic rings. The minimum Gasteiger partial charge on any atom is -0.473 e. The Hall–Kier alpha value is -0.400. The summed E-state index contributed by atoms with van der Waals surface area (Å²) >= 11 is 4.11. The third kappa shape index (κ3) is 7.52. The lowest BCUT2D eigenvalue weighted by atomic mass is 10.4. The second-order valence-electron chi connectivity index (χ2n) is 3.09. The summed E-state index contributed by atoms with van der Waals surface area (Å²) in [6, 6.07) is 0.814. The van der Waals surface area contributed by atoms with E-state index in [2.05, 4.69) is 42.5 Å². The van der Waals surface area contributed by atoms with E-state index in [9.17, 15) is 0 Å². The van der Waals surface area contributed by atoms with Crippen LogP contribution in [-0.4, -0.2) is 63.8 Å². The van der Waals surface area contributed by atoms with Gasteiger partial charge >= 0.3 is 11.9 Å². The van der Waals surface area contributed by atoms with E-state index >= 15 is 0 Å². The fourth-order valence-electron chi connectivity index (χ4n) is 0.773. The first-order valence-corrected chi connectivity index (χ1v) is 6.54. The number of carboxylic acid groups (broad SMARTS) is 2. The third-order valence-corrected chi connectivity index (χ3v) is 4.27. The van der Waals surface area contributed by atoms with Gasteiger partial charge in [0.15, 0.2) is 0 Å². The Bertz CT molecular complexity index is 205. The first kappa shape index (κ1) is 14.6. The van der Waals surface area contributed by atoms with Gasteiger partial charge in [-0.15, -0.1) is 23.5 Å². The molecule has 0 bridgehead atoms. The average molecular weight is 253 g/mol. The molecule has 7 heteroatoms. The van der Waals surface area contributed by atoms with E-state index in [1.807, 2.05) is 0 Å². The quantitative estimate of drug-likeness (QED) is 0.659. The summed E-state index contributed by atoms with van der Waals surface area (Å²) < 4.78 is 0. The smallest absolute Gasteiger partial charge is 0.414 e. The van der Waals surface area contributed by atoms with Gasteiger partial charge in [0.2, 0.25) is 0 Å². The van der Waals surface area contributed by atoms with Crippen LogP contribution in [0.15, 0.2) is 0 Å². The van der Waals surface area contributed by atoms with Gasteiger partial charge in [-0.1, -0.05) is 0 Å². The van der Waals surface area contributed by atoms with Crippen LogP contribution < -0.4 is 0 Å². The Morgan fingerprint density at radius 1 is 1.13 bits per heavy atom. The Kier molecular flexibility index (Phi) is 7.63. The van der Waals surface area contributed by atoms with Gasteiger partial charge in [0.05, 0.1) is 0 Å². The van der Waals surface area contributed by atoms with Gasteiger partial charge in [0, 0.05) is 22.6 Å². The molecule has 0 radical (unpaired) electrons. The average Bonchev–Trinajstić information content (AvgIpc) is 2.20. The van der Waals surface area contributed by atoms with Crippen LogP contribution >= 0.6 is 23.5 Å². The molecule has 0 aromatic carbocycles. The molecule has 0 saturated carbocycles. The van der Waals surface area contributed by atoms with Gasteiger partial charge in [-0.05, 0) is 14.1 Å². The van der Waals surface area contributed by atoms with E-state index in [0.29, 0.717) is 0 Å². The number of hydrogen-bond donors (Lipinski definition) is 2. The minimum absolute atomic E-state index is 0.814. The fraction of sp³-hybridized carbons (Fsp3) is 0.750. The minimum atomic E-state index is -1.82. The van der Waals surface area contributed by atoms with Crippen molar-refractivity contribution in [2.24, 2.45) is 0 Å². The van der Waals surface area contributed by atoms with Crippen molar-refractivity contribution < 1.29 is 19.8 Å². The Morgan fingerprint density at radius 3 is 1.73 bits per heavy atom. The van der Waals surface area contributed by atoms with Crippen molar-refractivity contribution in [3.8, 4) is 0 Å². The highest BCUT2D eigenvalue weighted by molar-refractivity contribution is 8.16. The van der Waals surface area contributed by atoms with E-state index in [1.165, 1.54) is 16.6 Å². The molecule has 5 nitrogen and oxygen atoms in total. The molecule has 0 aliphatic carbocycles. The first-order chi connectivity index (χ1) is 6.95. The van der Waals surface area contributed by atoms with Gasteiger partial charge in [0.1, 0.15) is 0 Å². The molecule has 0 unspecified atom stereocenters. The van der Waals surface area contributed by atoms with Crippen molar-refractivity contribution in [3.05, 3.63) is 0 Å².